The van der Waals surface area contributed by atoms with Crippen molar-refractivity contribution in [3.05, 3.63) is 60.2 Å². The van der Waals surface area contributed by atoms with Gasteiger partial charge in [0, 0.05) is 0 Å². The molecule has 2 rings (SSSR count). The standard InChI is InChI=1S/C19H22O4/c1-22-17-11-7-8-15(14-17)18(19(20)21)12-5-6-13-23-16-9-3-2-4-10-16/h2-4,7-11,14,18H,5-6,12-13H2,1H3,(H,20,21). The molecule has 0 aromatic heterocycles. The molecule has 122 valence electrons. The van der Waals surface area contributed by atoms with Gasteiger partial charge in [0.05, 0.1) is 19.6 Å². The van der Waals surface area contributed by atoms with Crippen molar-refractivity contribution in [3.63, 3.8) is 0 Å². The average Bonchev–Trinajstić information content (AvgIpc) is 2.58. The average molecular weight is 314 g/mol. The third kappa shape index (κ3) is 5.33. The molecule has 4 heteroatoms. The number of hydrogen-bond donors (Lipinski definition) is 1. The lowest BCUT2D eigenvalue weighted by molar-refractivity contribution is -0.139. The maximum Gasteiger partial charge on any atom is 0.310 e. The van der Waals surface area contributed by atoms with Crippen LogP contribution in [0, 0.1) is 0 Å². The van der Waals surface area contributed by atoms with Crippen molar-refractivity contribution < 1.29 is 19.4 Å². The molecular weight excluding hydrogens is 292 g/mol. The van der Waals surface area contributed by atoms with Crippen molar-refractivity contribution in [2.75, 3.05) is 13.7 Å². The van der Waals surface area contributed by atoms with Gasteiger partial charge in [-0.25, -0.2) is 0 Å². The number of rotatable bonds is 9. The molecule has 0 saturated heterocycles. The van der Waals surface area contributed by atoms with Crippen molar-refractivity contribution in [1.82, 2.24) is 0 Å². The summed E-state index contributed by atoms with van der Waals surface area (Å²) in [4.78, 5) is 11.5. The van der Waals surface area contributed by atoms with E-state index in [1.165, 1.54) is 0 Å². The van der Waals surface area contributed by atoms with Gasteiger partial charge >= 0.3 is 5.97 Å². The highest BCUT2D eigenvalue weighted by molar-refractivity contribution is 5.76. The first-order chi connectivity index (χ1) is 11.2. The van der Waals surface area contributed by atoms with Crippen molar-refractivity contribution in [3.8, 4) is 11.5 Å². The maximum absolute atomic E-state index is 11.5. The Hall–Kier alpha value is -2.49. The molecule has 0 spiro atoms. The molecule has 2 aromatic carbocycles. The van der Waals surface area contributed by atoms with Gasteiger partial charge in [0.25, 0.3) is 0 Å². The number of carbonyl (C=O) groups is 1. The lowest BCUT2D eigenvalue weighted by Gasteiger charge is -2.14. The van der Waals surface area contributed by atoms with Crippen molar-refractivity contribution in [2.24, 2.45) is 0 Å². The lowest BCUT2D eigenvalue weighted by atomic mass is 9.93. The quantitative estimate of drug-likeness (QED) is 0.708. The smallest absolute Gasteiger partial charge is 0.310 e. The lowest BCUT2D eigenvalue weighted by Crippen LogP contribution is -2.12. The molecule has 0 fully saturated rings. The first-order valence-electron chi connectivity index (χ1n) is 7.75. The zero-order valence-electron chi connectivity index (χ0n) is 13.3. The number of hydrogen-bond acceptors (Lipinski definition) is 3. The Balaban J connectivity index is 1.82. The number of unbranched alkanes of at least 4 members (excludes halogenated alkanes) is 1. The molecule has 0 radical (unpaired) electrons. The minimum Gasteiger partial charge on any atom is -0.497 e. The number of carboxylic acids is 1. The van der Waals surface area contributed by atoms with Crippen molar-refractivity contribution in [2.45, 2.75) is 25.2 Å². The molecule has 2 aromatic rings. The van der Waals surface area contributed by atoms with Gasteiger partial charge in [0.2, 0.25) is 0 Å². The summed E-state index contributed by atoms with van der Waals surface area (Å²) in [5.74, 6) is 0.209. The van der Waals surface area contributed by atoms with E-state index >= 15 is 0 Å². The summed E-state index contributed by atoms with van der Waals surface area (Å²) in [6.45, 7) is 0.592. The van der Waals surface area contributed by atoms with Crippen molar-refractivity contribution in [1.29, 1.82) is 0 Å². The monoisotopic (exact) mass is 314 g/mol. The van der Waals surface area contributed by atoms with Crippen LogP contribution in [0.4, 0.5) is 0 Å². The maximum atomic E-state index is 11.5. The second-order valence-corrected chi connectivity index (χ2v) is 5.32. The van der Waals surface area contributed by atoms with Gasteiger partial charge in [-0.15, -0.1) is 0 Å². The predicted molar refractivity (Wildman–Crippen MR) is 89.2 cm³/mol. The normalized spacial score (nSPS) is 11.7. The number of benzene rings is 2. The van der Waals surface area contributed by atoms with Crippen LogP contribution >= 0.6 is 0 Å². The first kappa shape index (κ1) is 16.9. The van der Waals surface area contributed by atoms with Crippen LogP contribution in [0.15, 0.2) is 54.6 Å². The summed E-state index contributed by atoms with van der Waals surface area (Å²) in [5.41, 5.74) is 0.779. The molecule has 1 atom stereocenters. The summed E-state index contributed by atoms with van der Waals surface area (Å²) in [7, 11) is 1.58. The zero-order chi connectivity index (χ0) is 16.5. The summed E-state index contributed by atoms with van der Waals surface area (Å²) >= 11 is 0. The fourth-order valence-electron chi connectivity index (χ4n) is 2.45. The second kappa shape index (κ2) is 8.83. The van der Waals surface area contributed by atoms with E-state index in [1.807, 2.05) is 48.5 Å². The molecule has 0 bridgehead atoms. The molecule has 0 amide bonds. The molecule has 1 N–H and O–H groups in total. The van der Waals surface area contributed by atoms with E-state index in [2.05, 4.69) is 0 Å². The fraction of sp³-hybridized carbons (Fsp3) is 0.316. The van der Waals surface area contributed by atoms with Crippen LogP contribution in [0.5, 0.6) is 11.5 Å². The zero-order valence-corrected chi connectivity index (χ0v) is 13.3. The highest BCUT2D eigenvalue weighted by Crippen LogP contribution is 2.25. The van der Waals surface area contributed by atoms with E-state index in [1.54, 1.807) is 13.2 Å². The molecule has 0 saturated carbocycles. The third-order valence-electron chi connectivity index (χ3n) is 3.69. The van der Waals surface area contributed by atoms with E-state index in [-0.39, 0.29) is 0 Å². The Kier molecular flexibility index (Phi) is 6.48. The Morgan fingerprint density at radius 2 is 1.78 bits per heavy atom. The van der Waals surface area contributed by atoms with Gasteiger partial charge in [-0.1, -0.05) is 30.3 Å². The summed E-state index contributed by atoms with van der Waals surface area (Å²) in [5, 5.41) is 9.45. The fourth-order valence-corrected chi connectivity index (χ4v) is 2.45. The molecule has 0 aliphatic heterocycles. The highest BCUT2D eigenvalue weighted by atomic mass is 16.5. The van der Waals surface area contributed by atoms with Gasteiger partial charge in [0.15, 0.2) is 0 Å². The van der Waals surface area contributed by atoms with E-state index in [0.717, 1.165) is 24.2 Å². The SMILES string of the molecule is COc1cccc(C(CCCCOc2ccccc2)C(=O)O)c1. The van der Waals surface area contributed by atoms with Crippen LogP contribution in [-0.2, 0) is 4.79 Å². The van der Waals surface area contributed by atoms with Crippen LogP contribution in [0.2, 0.25) is 0 Å². The van der Waals surface area contributed by atoms with Gasteiger partial charge in [-0.2, -0.15) is 0 Å². The summed E-state index contributed by atoms with van der Waals surface area (Å²) < 4.78 is 10.8. The largest absolute Gasteiger partial charge is 0.497 e. The first-order valence-corrected chi connectivity index (χ1v) is 7.75. The summed E-state index contributed by atoms with van der Waals surface area (Å²) in [6.07, 6.45) is 2.20. The van der Waals surface area contributed by atoms with Gasteiger partial charge in [-0.05, 0) is 49.1 Å². The van der Waals surface area contributed by atoms with Crippen LogP contribution in [0.1, 0.15) is 30.7 Å². The Morgan fingerprint density at radius 1 is 1.04 bits per heavy atom. The number of aliphatic carboxylic acids is 1. The number of para-hydroxylation sites is 1. The van der Waals surface area contributed by atoms with Gasteiger partial charge in [-0.3, -0.25) is 4.79 Å². The number of carboxylic acid groups (broad SMARTS) is 1. The van der Waals surface area contributed by atoms with Crippen molar-refractivity contribution >= 4 is 5.97 Å². The minimum atomic E-state index is -0.803. The minimum absolute atomic E-state index is 0.512. The van der Waals surface area contributed by atoms with E-state index in [4.69, 9.17) is 9.47 Å². The van der Waals surface area contributed by atoms with E-state index < -0.39 is 11.9 Å². The van der Waals surface area contributed by atoms with E-state index in [0.29, 0.717) is 18.8 Å². The highest BCUT2D eigenvalue weighted by Gasteiger charge is 2.19. The number of ether oxygens (including phenoxy) is 2. The topological polar surface area (TPSA) is 55.8 Å². The Morgan fingerprint density at radius 3 is 2.48 bits per heavy atom. The van der Waals surface area contributed by atoms with Gasteiger partial charge in [0.1, 0.15) is 11.5 Å². The number of methoxy groups -OCH3 is 1. The molecule has 0 aliphatic rings. The molecule has 0 aliphatic carbocycles. The predicted octanol–water partition coefficient (Wildman–Crippen LogP) is 4.11. The van der Waals surface area contributed by atoms with Crippen LogP contribution < -0.4 is 9.47 Å². The van der Waals surface area contributed by atoms with Crippen LogP contribution in [-0.4, -0.2) is 24.8 Å². The Labute approximate surface area is 136 Å². The van der Waals surface area contributed by atoms with Crippen LogP contribution in [0.3, 0.4) is 0 Å². The molecule has 23 heavy (non-hydrogen) atoms. The molecule has 4 nitrogen and oxygen atoms in total. The Bertz CT molecular complexity index is 610. The van der Waals surface area contributed by atoms with E-state index in [9.17, 15) is 9.90 Å². The second-order valence-electron chi connectivity index (χ2n) is 5.32. The van der Waals surface area contributed by atoms with Gasteiger partial charge < -0.3 is 14.6 Å². The molecule has 1 unspecified atom stereocenters. The third-order valence-corrected chi connectivity index (χ3v) is 3.69. The van der Waals surface area contributed by atoms with Crippen LogP contribution in [0.25, 0.3) is 0 Å². The molecular formula is C19H22O4. The molecule has 0 heterocycles. The summed E-state index contributed by atoms with van der Waals surface area (Å²) in [6, 6.07) is 16.9.